The van der Waals surface area contributed by atoms with Gasteiger partial charge in [-0.25, -0.2) is 0 Å². The maximum absolute atomic E-state index is 13.3. The molecule has 7 heteroatoms. The molecule has 4 aliphatic carbocycles. The second-order valence-corrected chi connectivity index (χ2v) is 9.88. The molecule has 2 aromatic rings. The molecular weight excluding hydrogens is 380 g/mol. The van der Waals surface area contributed by atoms with Gasteiger partial charge >= 0.3 is 0 Å². The highest BCUT2D eigenvalue weighted by molar-refractivity contribution is 5.95. The molecule has 2 atom stereocenters. The van der Waals surface area contributed by atoms with Crippen molar-refractivity contribution in [2.75, 3.05) is 0 Å². The number of pyridine rings is 1. The van der Waals surface area contributed by atoms with Crippen molar-refractivity contribution in [2.24, 2.45) is 11.8 Å². The highest BCUT2D eigenvalue weighted by Crippen LogP contribution is 2.57. The fourth-order valence-corrected chi connectivity index (χ4v) is 6.41. The van der Waals surface area contributed by atoms with Gasteiger partial charge in [-0.1, -0.05) is 0 Å². The van der Waals surface area contributed by atoms with Crippen LogP contribution in [0.3, 0.4) is 0 Å². The molecule has 1 amide bonds. The van der Waals surface area contributed by atoms with Crippen LogP contribution in [0.4, 0.5) is 0 Å². The molecule has 0 saturated heterocycles. The summed E-state index contributed by atoms with van der Waals surface area (Å²) in [5.41, 5.74) is 0.949. The largest absolute Gasteiger partial charge is 0.390 e. The first-order valence-corrected chi connectivity index (χ1v) is 10.8. The molecule has 4 fully saturated rings. The van der Waals surface area contributed by atoms with E-state index in [4.69, 9.17) is 0 Å². The van der Waals surface area contributed by atoms with E-state index in [2.05, 4.69) is 15.3 Å². The van der Waals surface area contributed by atoms with Crippen molar-refractivity contribution in [3.8, 4) is 0 Å². The summed E-state index contributed by atoms with van der Waals surface area (Å²) in [7, 11) is 0. The second kappa shape index (κ2) is 6.74. The van der Waals surface area contributed by atoms with E-state index in [0.29, 0.717) is 29.5 Å². The molecule has 2 N–H and O–H groups in total. The number of carbonyl (C=O) groups is 1. The molecule has 2 aromatic heterocycles. The Morgan fingerprint density at radius 1 is 1.20 bits per heavy atom. The fraction of sp³-hybridized carbons (Fsp3) is 0.565. The van der Waals surface area contributed by atoms with Crippen molar-refractivity contribution in [1.82, 2.24) is 19.9 Å². The second-order valence-electron chi connectivity index (χ2n) is 9.88. The van der Waals surface area contributed by atoms with Gasteiger partial charge in [-0.05, 0) is 75.8 Å². The third-order valence-electron chi connectivity index (χ3n) is 7.18. The lowest BCUT2D eigenvalue weighted by molar-refractivity contribution is -0.139. The summed E-state index contributed by atoms with van der Waals surface area (Å²) in [4.78, 5) is 35.0. The average molecular weight is 409 g/mol. The van der Waals surface area contributed by atoms with Crippen molar-refractivity contribution >= 4 is 5.91 Å². The van der Waals surface area contributed by atoms with Crippen molar-refractivity contribution in [2.45, 2.75) is 70.1 Å². The molecule has 0 spiro atoms. The van der Waals surface area contributed by atoms with E-state index in [-0.39, 0.29) is 23.6 Å². The zero-order chi connectivity index (χ0) is 21.1. The number of hydrogen-bond donors (Lipinski definition) is 2. The summed E-state index contributed by atoms with van der Waals surface area (Å²) in [5.74, 6) is 0.600. The van der Waals surface area contributed by atoms with E-state index >= 15 is 0 Å². The van der Waals surface area contributed by atoms with Crippen LogP contribution in [0.1, 0.15) is 65.8 Å². The van der Waals surface area contributed by atoms with E-state index in [1.807, 2.05) is 6.92 Å². The minimum atomic E-state index is -0.659. The molecule has 2 unspecified atom stereocenters. The van der Waals surface area contributed by atoms with Crippen molar-refractivity contribution in [3.63, 3.8) is 0 Å². The average Bonchev–Trinajstić information content (AvgIpc) is 2.63. The summed E-state index contributed by atoms with van der Waals surface area (Å²) in [6, 6.07) is 1.80. The Kier molecular flexibility index (Phi) is 4.36. The van der Waals surface area contributed by atoms with Gasteiger partial charge in [0.25, 0.3) is 11.5 Å². The molecule has 6 rings (SSSR count). The van der Waals surface area contributed by atoms with Gasteiger partial charge in [0.2, 0.25) is 0 Å². The van der Waals surface area contributed by atoms with Crippen molar-refractivity contribution in [1.29, 1.82) is 0 Å². The van der Waals surface area contributed by atoms with Gasteiger partial charge in [0.05, 0.1) is 29.7 Å². The Morgan fingerprint density at radius 3 is 2.57 bits per heavy atom. The van der Waals surface area contributed by atoms with Gasteiger partial charge in [-0.3, -0.25) is 19.6 Å². The summed E-state index contributed by atoms with van der Waals surface area (Å²) < 4.78 is 1.51. The molecule has 30 heavy (non-hydrogen) atoms. The lowest BCUT2D eigenvalue weighted by Crippen LogP contribution is -2.65. The summed E-state index contributed by atoms with van der Waals surface area (Å²) in [6.07, 6.45) is 10.2. The number of carbonyl (C=O) groups excluding carboxylic acids is 1. The Balaban J connectivity index is 1.42. The van der Waals surface area contributed by atoms with Crippen LogP contribution in [0.25, 0.3) is 0 Å². The molecule has 158 valence electrons. The summed E-state index contributed by atoms with van der Waals surface area (Å²) in [6.45, 7) is 3.92. The number of rotatable bonds is 4. The van der Waals surface area contributed by atoms with Crippen LogP contribution in [0, 0.1) is 25.7 Å². The standard InChI is InChI=1S/C23H28N4O3/c1-14-3-4-27(12-18-11-24-15(2)10-25-18)21(29)19(14)20(28)26-22-6-16-5-17(7-22)9-23(30,8-16)13-22/h3-4,10-11,16-17,30H,5-9,12-13H2,1-2H3,(H,26,28). The summed E-state index contributed by atoms with van der Waals surface area (Å²) >= 11 is 0. The van der Waals surface area contributed by atoms with E-state index in [1.165, 1.54) is 4.57 Å². The third-order valence-corrected chi connectivity index (χ3v) is 7.18. The van der Waals surface area contributed by atoms with Gasteiger partial charge in [0.15, 0.2) is 0 Å². The first-order chi connectivity index (χ1) is 14.2. The molecule has 0 aromatic carbocycles. The Bertz CT molecular complexity index is 1050. The molecule has 2 heterocycles. The highest BCUT2D eigenvalue weighted by atomic mass is 16.3. The van der Waals surface area contributed by atoms with Crippen LogP contribution in [0.15, 0.2) is 29.5 Å². The molecular formula is C23H28N4O3. The normalized spacial score (nSPS) is 31.7. The molecule has 0 aliphatic heterocycles. The highest BCUT2D eigenvalue weighted by Gasteiger charge is 2.57. The van der Waals surface area contributed by atoms with E-state index in [1.54, 1.807) is 31.6 Å². The van der Waals surface area contributed by atoms with Crippen molar-refractivity contribution < 1.29 is 9.90 Å². The number of amides is 1. The lowest BCUT2D eigenvalue weighted by Gasteiger charge is -2.60. The maximum Gasteiger partial charge on any atom is 0.264 e. The minimum Gasteiger partial charge on any atom is -0.390 e. The molecule has 4 saturated carbocycles. The van der Waals surface area contributed by atoms with E-state index in [9.17, 15) is 14.7 Å². The molecule has 4 aliphatic rings. The van der Waals surface area contributed by atoms with Crippen LogP contribution in [0.2, 0.25) is 0 Å². The first-order valence-electron chi connectivity index (χ1n) is 10.8. The monoisotopic (exact) mass is 408 g/mol. The maximum atomic E-state index is 13.3. The van der Waals surface area contributed by atoms with Gasteiger partial charge in [0, 0.05) is 17.9 Å². The Labute approximate surface area is 175 Å². The van der Waals surface area contributed by atoms with Crippen LogP contribution in [0.5, 0.6) is 0 Å². The Hall–Kier alpha value is -2.54. The van der Waals surface area contributed by atoms with Crippen molar-refractivity contribution in [3.05, 3.63) is 57.5 Å². The number of nitrogens with zero attached hydrogens (tertiary/aromatic N) is 3. The number of aryl methyl sites for hydroxylation is 2. The van der Waals surface area contributed by atoms with Gasteiger partial charge < -0.3 is 15.0 Å². The summed E-state index contributed by atoms with van der Waals surface area (Å²) in [5, 5.41) is 14.2. The van der Waals surface area contributed by atoms with Crippen LogP contribution in [-0.4, -0.2) is 36.7 Å². The SMILES string of the molecule is Cc1cnc(Cn2ccc(C)c(C(=O)NC34CC5CC(CC(O)(C5)C3)C4)c2=O)cn1. The smallest absolute Gasteiger partial charge is 0.264 e. The zero-order valence-corrected chi connectivity index (χ0v) is 17.5. The van der Waals surface area contributed by atoms with Crippen LogP contribution >= 0.6 is 0 Å². The van der Waals surface area contributed by atoms with Crippen LogP contribution < -0.4 is 10.9 Å². The number of aliphatic hydroxyl groups is 1. The topological polar surface area (TPSA) is 97.1 Å². The van der Waals surface area contributed by atoms with E-state index < -0.39 is 11.1 Å². The van der Waals surface area contributed by atoms with E-state index in [0.717, 1.165) is 37.8 Å². The van der Waals surface area contributed by atoms with Crippen LogP contribution in [-0.2, 0) is 6.54 Å². The fourth-order valence-electron chi connectivity index (χ4n) is 6.41. The van der Waals surface area contributed by atoms with Gasteiger partial charge in [0.1, 0.15) is 5.56 Å². The number of aromatic nitrogens is 3. The third kappa shape index (κ3) is 3.35. The van der Waals surface area contributed by atoms with Gasteiger partial charge in [-0.15, -0.1) is 0 Å². The Morgan fingerprint density at radius 2 is 1.93 bits per heavy atom. The zero-order valence-electron chi connectivity index (χ0n) is 17.5. The number of nitrogens with one attached hydrogen (secondary N) is 1. The molecule has 0 radical (unpaired) electrons. The molecule has 4 bridgehead atoms. The predicted octanol–water partition coefficient (Wildman–Crippen LogP) is 2.12. The first kappa shape index (κ1) is 19.4. The minimum absolute atomic E-state index is 0.181. The lowest BCUT2D eigenvalue weighted by atomic mass is 9.51. The molecule has 7 nitrogen and oxygen atoms in total. The predicted molar refractivity (Wildman–Crippen MR) is 111 cm³/mol. The number of hydrogen-bond acceptors (Lipinski definition) is 5. The van der Waals surface area contributed by atoms with Gasteiger partial charge in [-0.2, -0.15) is 0 Å². The quantitative estimate of drug-likeness (QED) is 0.808.